The fourth-order valence-electron chi connectivity index (χ4n) is 1.94. The molecule has 102 valence electrons. The van der Waals surface area contributed by atoms with Crippen LogP contribution in [-0.4, -0.2) is 19.2 Å². The molecule has 1 fully saturated rings. The van der Waals surface area contributed by atoms with E-state index in [1.165, 1.54) is 0 Å². The lowest BCUT2D eigenvalue weighted by molar-refractivity contribution is 0.132. The fraction of sp³-hybridized carbons (Fsp3) is 0.133. The van der Waals surface area contributed by atoms with E-state index in [9.17, 15) is 4.79 Å². The van der Waals surface area contributed by atoms with Crippen LogP contribution in [0.4, 0.5) is 10.5 Å². The number of amides is 1. The van der Waals surface area contributed by atoms with Gasteiger partial charge < -0.3 is 9.47 Å². The van der Waals surface area contributed by atoms with Crippen LogP contribution in [0, 0.1) is 0 Å². The monoisotopic (exact) mass is 270 g/mol. The summed E-state index contributed by atoms with van der Waals surface area (Å²) in [7, 11) is 0. The van der Waals surface area contributed by atoms with Gasteiger partial charge in [-0.25, -0.2) is 10.2 Å². The number of para-hydroxylation sites is 1. The summed E-state index contributed by atoms with van der Waals surface area (Å²) in [6.45, 7) is 0.999. The maximum atomic E-state index is 11.2. The zero-order chi connectivity index (χ0) is 13.8. The molecule has 0 bridgehead atoms. The van der Waals surface area contributed by atoms with Gasteiger partial charge in [0.05, 0.1) is 12.2 Å². The highest BCUT2D eigenvalue weighted by Gasteiger charge is 2.16. The van der Waals surface area contributed by atoms with E-state index in [1.54, 1.807) is 5.01 Å². The summed E-state index contributed by atoms with van der Waals surface area (Å²) in [5.74, 6) is 1.54. The van der Waals surface area contributed by atoms with Crippen LogP contribution < -0.4 is 15.2 Å². The number of rotatable bonds is 3. The smallest absolute Gasteiger partial charge is 0.426 e. The number of anilines is 1. The second-order valence-electron chi connectivity index (χ2n) is 4.31. The SMILES string of the molecule is O=C1NN(c2ccc(Oc3ccccc3)cc2)CCO1. The van der Waals surface area contributed by atoms with Crippen LogP contribution in [0.15, 0.2) is 54.6 Å². The van der Waals surface area contributed by atoms with Crippen molar-refractivity contribution in [3.63, 3.8) is 0 Å². The van der Waals surface area contributed by atoms with Gasteiger partial charge in [0.15, 0.2) is 0 Å². The van der Waals surface area contributed by atoms with Crippen molar-refractivity contribution in [2.24, 2.45) is 0 Å². The molecular formula is C15H14N2O3. The topological polar surface area (TPSA) is 50.8 Å². The molecular weight excluding hydrogens is 256 g/mol. The molecule has 1 saturated heterocycles. The quantitative estimate of drug-likeness (QED) is 0.931. The maximum Gasteiger partial charge on any atom is 0.426 e. The van der Waals surface area contributed by atoms with Crippen molar-refractivity contribution >= 4 is 11.8 Å². The van der Waals surface area contributed by atoms with Crippen LogP contribution >= 0.6 is 0 Å². The van der Waals surface area contributed by atoms with Gasteiger partial charge in [0.25, 0.3) is 0 Å². The predicted molar refractivity (Wildman–Crippen MR) is 74.8 cm³/mol. The first-order valence-corrected chi connectivity index (χ1v) is 6.35. The van der Waals surface area contributed by atoms with Crippen molar-refractivity contribution in [3.05, 3.63) is 54.6 Å². The summed E-state index contributed by atoms with van der Waals surface area (Å²) in [5.41, 5.74) is 3.52. The van der Waals surface area contributed by atoms with Crippen molar-refractivity contribution < 1.29 is 14.3 Å². The molecule has 0 radical (unpaired) electrons. The lowest BCUT2D eigenvalue weighted by Crippen LogP contribution is -2.49. The van der Waals surface area contributed by atoms with Gasteiger partial charge in [-0.15, -0.1) is 0 Å². The van der Waals surface area contributed by atoms with E-state index in [4.69, 9.17) is 9.47 Å². The highest BCUT2D eigenvalue weighted by Crippen LogP contribution is 2.24. The van der Waals surface area contributed by atoms with E-state index >= 15 is 0 Å². The summed E-state index contributed by atoms with van der Waals surface area (Å²) >= 11 is 0. The number of hydrazine groups is 1. The molecule has 1 aliphatic rings. The van der Waals surface area contributed by atoms with Crippen molar-refractivity contribution in [1.29, 1.82) is 0 Å². The van der Waals surface area contributed by atoms with Crippen LogP contribution in [-0.2, 0) is 4.74 Å². The first-order chi connectivity index (χ1) is 9.81. The molecule has 0 saturated carbocycles. The minimum Gasteiger partial charge on any atom is -0.457 e. The number of nitrogens with one attached hydrogen (secondary N) is 1. The third kappa shape index (κ3) is 2.83. The lowest BCUT2D eigenvalue weighted by atomic mass is 10.3. The van der Waals surface area contributed by atoms with E-state index in [0.717, 1.165) is 17.2 Å². The van der Waals surface area contributed by atoms with Gasteiger partial charge in [-0.1, -0.05) is 18.2 Å². The summed E-state index contributed by atoms with van der Waals surface area (Å²) in [6, 6.07) is 17.1. The van der Waals surface area contributed by atoms with Crippen LogP contribution in [0.1, 0.15) is 0 Å². The summed E-state index contributed by atoms with van der Waals surface area (Å²) < 4.78 is 10.5. The molecule has 5 nitrogen and oxygen atoms in total. The Morgan fingerprint density at radius 2 is 1.70 bits per heavy atom. The number of carbonyl (C=O) groups excluding carboxylic acids is 1. The van der Waals surface area contributed by atoms with Crippen LogP contribution in [0.25, 0.3) is 0 Å². The second-order valence-corrected chi connectivity index (χ2v) is 4.31. The van der Waals surface area contributed by atoms with E-state index in [2.05, 4.69) is 5.43 Å². The Balaban J connectivity index is 1.69. The molecule has 3 rings (SSSR count). The first kappa shape index (κ1) is 12.3. The third-order valence-corrected chi connectivity index (χ3v) is 2.90. The number of carbonyl (C=O) groups is 1. The van der Waals surface area contributed by atoms with Crippen molar-refractivity contribution in [1.82, 2.24) is 5.43 Å². The van der Waals surface area contributed by atoms with Crippen molar-refractivity contribution in [2.45, 2.75) is 0 Å². The van der Waals surface area contributed by atoms with Gasteiger partial charge in [-0.3, -0.25) is 5.01 Å². The Kier molecular flexibility index (Phi) is 3.41. The predicted octanol–water partition coefficient (Wildman–Crippen LogP) is 2.94. The van der Waals surface area contributed by atoms with Crippen LogP contribution in [0.5, 0.6) is 11.5 Å². The second kappa shape index (κ2) is 5.52. The van der Waals surface area contributed by atoms with Gasteiger partial charge in [-0.05, 0) is 36.4 Å². The molecule has 0 spiro atoms. The number of cyclic esters (lactones) is 1. The molecule has 1 heterocycles. The standard InChI is InChI=1S/C15H14N2O3/c18-15-16-17(10-11-19-15)12-6-8-14(9-7-12)20-13-4-2-1-3-5-13/h1-9H,10-11H2,(H,16,18). The van der Waals surface area contributed by atoms with E-state index in [1.807, 2.05) is 54.6 Å². The van der Waals surface area contributed by atoms with Gasteiger partial charge in [0.2, 0.25) is 0 Å². The number of hydrogen-bond donors (Lipinski definition) is 1. The Hall–Kier alpha value is -2.69. The van der Waals surface area contributed by atoms with E-state index in [-0.39, 0.29) is 0 Å². The van der Waals surface area contributed by atoms with Crippen molar-refractivity contribution in [2.75, 3.05) is 18.2 Å². The number of hydrogen-bond acceptors (Lipinski definition) is 4. The summed E-state index contributed by atoms with van der Waals surface area (Å²) in [6.07, 6.45) is -0.430. The Morgan fingerprint density at radius 1 is 1.00 bits per heavy atom. The average molecular weight is 270 g/mol. The highest BCUT2D eigenvalue weighted by molar-refractivity contribution is 5.71. The van der Waals surface area contributed by atoms with Gasteiger partial charge >= 0.3 is 6.09 Å². The third-order valence-electron chi connectivity index (χ3n) is 2.90. The Labute approximate surface area is 116 Å². The minimum absolute atomic E-state index is 0.383. The first-order valence-electron chi connectivity index (χ1n) is 6.35. The molecule has 0 aliphatic carbocycles. The van der Waals surface area contributed by atoms with E-state index < -0.39 is 6.09 Å². The maximum absolute atomic E-state index is 11.2. The lowest BCUT2D eigenvalue weighted by Gasteiger charge is -2.28. The van der Waals surface area contributed by atoms with Crippen LogP contribution in [0.2, 0.25) is 0 Å². The van der Waals surface area contributed by atoms with Crippen molar-refractivity contribution in [3.8, 4) is 11.5 Å². The Morgan fingerprint density at radius 3 is 2.40 bits per heavy atom. The largest absolute Gasteiger partial charge is 0.457 e. The van der Waals surface area contributed by atoms with E-state index in [0.29, 0.717) is 13.2 Å². The zero-order valence-electron chi connectivity index (χ0n) is 10.8. The molecule has 0 atom stereocenters. The molecule has 2 aromatic carbocycles. The summed E-state index contributed by atoms with van der Waals surface area (Å²) in [4.78, 5) is 11.2. The van der Waals surface area contributed by atoms with Gasteiger partial charge in [0.1, 0.15) is 18.1 Å². The minimum atomic E-state index is -0.430. The Bertz CT molecular complexity index is 584. The molecule has 5 heteroatoms. The van der Waals surface area contributed by atoms with Crippen LogP contribution in [0.3, 0.4) is 0 Å². The number of ether oxygens (including phenoxy) is 2. The molecule has 2 aromatic rings. The molecule has 1 N–H and O–H groups in total. The summed E-state index contributed by atoms with van der Waals surface area (Å²) in [5, 5.41) is 1.75. The molecule has 1 amide bonds. The highest BCUT2D eigenvalue weighted by atomic mass is 16.6. The molecule has 0 unspecified atom stereocenters. The normalized spacial score (nSPS) is 14.4. The zero-order valence-corrected chi connectivity index (χ0v) is 10.8. The molecule has 20 heavy (non-hydrogen) atoms. The number of nitrogens with zero attached hydrogens (tertiary/aromatic N) is 1. The van der Waals surface area contributed by atoms with Gasteiger partial charge in [0, 0.05) is 0 Å². The van der Waals surface area contributed by atoms with Gasteiger partial charge in [-0.2, -0.15) is 0 Å². The fourth-order valence-corrected chi connectivity index (χ4v) is 1.94. The number of benzene rings is 2. The average Bonchev–Trinajstić information content (AvgIpc) is 2.49. The molecule has 1 aliphatic heterocycles. The molecule has 0 aromatic heterocycles.